The van der Waals surface area contributed by atoms with Gasteiger partial charge in [0, 0.05) is 27.6 Å². The van der Waals surface area contributed by atoms with Gasteiger partial charge in [-0.15, -0.1) is 0 Å². The molecule has 0 amide bonds. The van der Waals surface area contributed by atoms with E-state index in [4.69, 9.17) is 0 Å². The maximum absolute atomic E-state index is 2.51. The highest BCUT2D eigenvalue weighted by Crippen LogP contribution is 2.43. The van der Waals surface area contributed by atoms with Crippen LogP contribution in [0.4, 0.5) is 0 Å². The van der Waals surface area contributed by atoms with Crippen LogP contribution in [0.3, 0.4) is 0 Å². The normalized spacial score (nSPS) is 12.7. The highest BCUT2D eigenvalue weighted by Gasteiger charge is 2.28. The molecule has 0 spiro atoms. The first-order valence-electron chi connectivity index (χ1n) is 12.4. The number of rotatable bonds is 1. The van der Waals surface area contributed by atoms with Crippen molar-refractivity contribution in [2.75, 3.05) is 0 Å². The van der Waals surface area contributed by atoms with Crippen molar-refractivity contribution in [2.45, 2.75) is 33.1 Å². The zero-order chi connectivity index (χ0) is 24.1. The van der Waals surface area contributed by atoms with Crippen molar-refractivity contribution in [1.29, 1.82) is 0 Å². The zero-order valence-electron chi connectivity index (χ0n) is 21.0. The number of pyridine rings is 1. The Balaban J connectivity index is 1.75. The third-order valence-corrected chi connectivity index (χ3v) is 7.88. The molecule has 2 heteroatoms. The highest BCUT2D eigenvalue weighted by molar-refractivity contribution is 6.24. The predicted octanol–water partition coefficient (Wildman–Crippen LogP) is 8.09. The van der Waals surface area contributed by atoms with Gasteiger partial charge in [0.15, 0.2) is 6.20 Å². The molecular formula is C33H29N2+. The van der Waals surface area contributed by atoms with Gasteiger partial charge in [0.2, 0.25) is 5.69 Å². The van der Waals surface area contributed by atoms with E-state index in [1.807, 2.05) is 0 Å². The molecule has 35 heavy (non-hydrogen) atoms. The van der Waals surface area contributed by atoms with Crippen molar-refractivity contribution < 1.29 is 4.57 Å². The lowest BCUT2D eigenvalue weighted by Crippen LogP contribution is -2.31. The van der Waals surface area contributed by atoms with E-state index in [0.717, 1.165) is 0 Å². The zero-order valence-corrected chi connectivity index (χ0v) is 21.0. The molecule has 0 bridgehead atoms. The van der Waals surface area contributed by atoms with Crippen LogP contribution >= 0.6 is 0 Å². The summed E-state index contributed by atoms with van der Waals surface area (Å²) in [5.41, 5.74) is 9.24. The van der Waals surface area contributed by atoms with E-state index in [1.54, 1.807) is 0 Å². The fourth-order valence-electron chi connectivity index (χ4n) is 6.25. The third kappa shape index (κ3) is 2.63. The molecule has 0 radical (unpaired) electrons. The van der Waals surface area contributed by atoms with Crippen molar-refractivity contribution in [3.63, 3.8) is 0 Å². The fraction of sp³-hybridized carbons (Fsp3) is 0.182. The van der Waals surface area contributed by atoms with Gasteiger partial charge >= 0.3 is 0 Å². The molecule has 3 aromatic heterocycles. The summed E-state index contributed by atoms with van der Waals surface area (Å²) in [6, 6.07) is 29.2. The molecule has 0 saturated carbocycles. The lowest BCUT2D eigenvalue weighted by molar-refractivity contribution is -0.659. The number of benzene rings is 4. The molecule has 4 aromatic carbocycles. The molecule has 0 aliphatic rings. The van der Waals surface area contributed by atoms with Crippen LogP contribution in [0.15, 0.2) is 85.1 Å². The van der Waals surface area contributed by atoms with Crippen molar-refractivity contribution in [2.24, 2.45) is 7.05 Å². The second-order valence-electron chi connectivity index (χ2n) is 11.0. The Labute approximate surface area is 205 Å². The summed E-state index contributed by atoms with van der Waals surface area (Å²) < 4.78 is 4.82. The second-order valence-corrected chi connectivity index (χ2v) is 11.0. The van der Waals surface area contributed by atoms with Crippen LogP contribution in [0.25, 0.3) is 60.1 Å². The Bertz CT molecular complexity index is 1950. The first-order valence-corrected chi connectivity index (χ1v) is 12.4. The SMILES string of the molecule is Cc1c(-c2c3c(cc[n+]2C)c2cccc4c5ccccc5n3c42)cc(C(C)(C)C)c2ccccc12. The van der Waals surface area contributed by atoms with Crippen molar-refractivity contribution >= 4 is 48.9 Å². The number of hydrogen-bond acceptors (Lipinski definition) is 0. The van der Waals surface area contributed by atoms with Gasteiger partial charge < -0.3 is 4.40 Å². The number of hydrogen-bond donors (Lipinski definition) is 0. The van der Waals surface area contributed by atoms with Crippen LogP contribution in [0.1, 0.15) is 31.9 Å². The van der Waals surface area contributed by atoms with E-state index >= 15 is 0 Å². The summed E-state index contributed by atoms with van der Waals surface area (Å²) in [5, 5.41) is 7.98. The van der Waals surface area contributed by atoms with E-state index in [1.165, 1.54) is 71.3 Å². The molecule has 0 unspecified atom stereocenters. The van der Waals surface area contributed by atoms with E-state index in [9.17, 15) is 0 Å². The molecule has 0 saturated heterocycles. The minimum absolute atomic E-state index is 0.0367. The molecule has 7 aromatic rings. The lowest BCUT2D eigenvalue weighted by Gasteiger charge is -2.24. The molecule has 0 N–H and O–H groups in total. The molecule has 3 heterocycles. The highest BCUT2D eigenvalue weighted by atomic mass is 15.0. The molecule has 2 nitrogen and oxygen atoms in total. The lowest BCUT2D eigenvalue weighted by atomic mass is 9.80. The molecule has 170 valence electrons. The van der Waals surface area contributed by atoms with Gasteiger partial charge in [-0.3, -0.25) is 0 Å². The topological polar surface area (TPSA) is 8.29 Å². The Hall–Kier alpha value is -3.91. The number of nitrogens with zero attached hydrogens (tertiary/aromatic N) is 2. The standard InChI is InChI=1S/C33H29N2/c1-20-21-11-6-7-12-22(21)28(33(2,3)4)19-27(20)31-32-26(17-18-34(31)5)25-15-10-14-24-23-13-8-9-16-29(23)35(32)30(24)25/h6-19H,1-5H3/q+1. The smallest absolute Gasteiger partial charge is 0.237 e. The van der Waals surface area contributed by atoms with Crippen molar-refractivity contribution in [3.8, 4) is 11.3 Å². The number of fused-ring (bicyclic) bond motifs is 7. The molecule has 0 atom stereocenters. The summed E-state index contributed by atoms with van der Waals surface area (Å²) in [4.78, 5) is 0. The molecular weight excluding hydrogens is 424 g/mol. The van der Waals surface area contributed by atoms with Crippen molar-refractivity contribution in [3.05, 3.63) is 96.2 Å². The summed E-state index contributed by atoms with van der Waals surface area (Å²) in [7, 11) is 2.19. The Morgan fingerprint density at radius 1 is 0.657 bits per heavy atom. The van der Waals surface area contributed by atoms with E-state index < -0.39 is 0 Å². The summed E-state index contributed by atoms with van der Waals surface area (Å²) >= 11 is 0. The second kappa shape index (κ2) is 6.82. The van der Waals surface area contributed by atoms with Gasteiger partial charge in [0.1, 0.15) is 12.6 Å². The van der Waals surface area contributed by atoms with Gasteiger partial charge in [-0.2, -0.15) is 4.57 Å². The molecule has 0 aliphatic carbocycles. The summed E-state index contributed by atoms with van der Waals surface area (Å²) in [5.74, 6) is 0. The van der Waals surface area contributed by atoms with Crippen LogP contribution in [-0.2, 0) is 12.5 Å². The number of para-hydroxylation sites is 2. The summed E-state index contributed by atoms with van der Waals surface area (Å²) in [6.07, 6.45) is 2.23. The average Bonchev–Trinajstić information content (AvgIpc) is 3.36. The van der Waals surface area contributed by atoms with Crippen LogP contribution in [0.2, 0.25) is 0 Å². The summed E-state index contributed by atoms with van der Waals surface area (Å²) in [6.45, 7) is 9.25. The number of aryl methyl sites for hydroxylation is 2. The minimum Gasteiger partial charge on any atom is -0.302 e. The van der Waals surface area contributed by atoms with Gasteiger partial charge in [0.05, 0.1) is 16.6 Å². The maximum Gasteiger partial charge on any atom is 0.237 e. The first kappa shape index (κ1) is 20.5. The van der Waals surface area contributed by atoms with Gasteiger partial charge in [-0.25, -0.2) is 0 Å². The minimum atomic E-state index is 0.0367. The largest absolute Gasteiger partial charge is 0.302 e. The fourth-order valence-corrected chi connectivity index (χ4v) is 6.25. The average molecular weight is 454 g/mol. The molecule has 0 fully saturated rings. The quantitative estimate of drug-likeness (QED) is 0.222. The Morgan fingerprint density at radius 2 is 1.26 bits per heavy atom. The number of aromatic nitrogens is 2. The third-order valence-electron chi connectivity index (χ3n) is 7.88. The van der Waals surface area contributed by atoms with Gasteiger partial charge in [-0.1, -0.05) is 81.4 Å². The predicted molar refractivity (Wildman–Crippen MR) is 149 cm³/mol. The van der Waals surface area contributed by atoms with Crippen LogP contribution in [0, 0.1) is 6.92 Å². The Kier molecular flexibility index (Phi) is 3.99. The van der Waals surface area contributed by atoms with E-state index in [-0.39, 0.29) is 5.41 Å². The Morgan fingerprint density at radius 3 is 2.00 bits per heavy atom. The molecule has 7 rings (SSSR count). The first-order chi connectivity index (χ1) is 16.9. The van der Waals surface area contributed by atoms with E-state index in [2.05, 4.69) is 129 Å². The van der Waals surface area contributed by atoms with Crippen molar-refractivity contribution in [1.82, 2.24) is 4.40 Å². The van der Waals surface area contributed by atoms with Crippen LogP contribution in [-0.4, -0.2) is 4.40 Å². The maximum atomic E-state index is 2.51. The van der Waals surface area contributed by atoms with Crippen LogP contribution < -0.4 is 4.57 Å². The van der Waals surface area contributed by atoms with Gasteiger partial charge in [-0.05, 0) is 46.4 Å². The van der Waals surface area contributed by atoms with Crippen LogP contribution in [0.5, 0.6) is 0 Å². The molecule has 0 aliphatic heterocycles. The monoisotopic (exact) mass is 453 g/mol. The van der Waals surface area contributed by atoms with Gasteiger partial charge in [0.25, 0.3) is 0 Å². The van der Waals surface area contributed by atoms with E-state index in [0.29, 0.717) is 0 Å².